The van der Waals surface area contributed by atoms with E-state index >= 15 is 0 Å². The number of nitrogens with zero attached hydrogens (tertiary/aromatic N) is 2. The zero-order chi connectivity index (χ0) is 18.2. The highest BCUT2D eigenvalue weighted by molar-refractivity contribution is 9.10. The molecule has 1 aromatic rings. The van der Waals surface area contributed by atoms with E-state index in [1.165, 1.54) is 15.3 Å². The van der Waals surface area contributed by atoms with E-state index in [9.17, 15) is 22.4 Å². The Labute approximate surface area is 153 Å². The van der Waals surface area contributed by atoms with Crippen LogP contribution >= 0.6 is 15.9 Å². The molecule has 0 aromatic heterocycles. The van der Waals surface area contributed by atoms with Crippen molar-refractivity contribution in [1.82, 2.24) is 14.5 Å². The van der Waals surface area contributed by atoms with Gasteiger partial charge in [0.1, 0.15) is 5.82 Å². The maximum absolute atomic E-state index is 13.2. The zero-order valence-corrected chi connectivity index (χ0v) is 15.6. The Morgan fingerprint density at radius 1 is 1.16 bits per heavy atom. The molecule has 1 saturated carbocycles. The first-order valence-electron chi connectivity index (χ1n) is 7.84. The largest absolute Gasteiger partial charge is 0.345 e. The molecule has 1 saturated heterocycles. The molecule has 7 nitrogen and oxygen atoms in total. The number of carbonyl (C=O) groups excluding carboxylic acids is 2. The van der Waals surface area contributed by atoms with Crippen molar-refractivity contribution in [2.45, 2.75) is 23.8 Å². The summed E-state index contributed by atoms with van der Waals surface area (Å²) in [6, 6.07) is 3.47. The van der Waals surface area contributed by atoms with Crippen LogP contribution in [0.1, 0.15) is 12.8 Å². The number of rotatable bonds is 3. The van der Waals surface area contributed by atoms with E-state index < -0.39 is 27.7 Å². The number of piperazine rings is 1. The number of sulfonamides is 1. The Kier molecular flexibility index (Phi) is 5.12. The third kappa shape index (κ3) is 4.01. The van der Waals surface area contributed by atoms with Crippen LogP contribution in [-0.4, -0.2) is 61.7 Å². The normalized spacial score (nSPS) is 18.9. The summed E-state index contributed by atoms with van der Waals surface area (Å²) in [7, 11) is -3.81. The molecule has 2 fully saturated rings. The molecule has 3 rings (SSSR count). The number of hydrogen-bond acceptors (Lipinski definition) is 4. The van der Waals surface area contributed by atoms with Crippen molar-refractivity contribution in [3.63, 3.8) is 0 Å². The molecule has 2 amide bonds. The van der Waals surface area contributed by atoms with Crippen molar-refractivity contribution in [2.24, 2.45) is 0 Å². The highest BCUT2D eigenvalue weighted by atomic mass is 79.9. The Hall–Kier alpha value is -1.52. The molecule has 1 aliphatic heterocycles. The van der Waals surface area contributed by atoms with Crippen LogP contribution in [0.25, 0.3) is 0 Å². The molecule has 25 heavy (non-hydrogen) atoms. The van der Waals surface area contributed by atoms with Crippen LogP contribution in [0.15, 0.2) is 27.6 Å². The summed E-state index contributed by atoms with van der Waals surface area (Å²) >= 11 is 3.07. The van der Waals surface area contributed by atoms with Gasteiger partial charge in [-0.3, -0.25) is 9.59 Å². The fraction of sp³-hybridized carbons (Fsp3) is 0.467. The van der Waals surface area contributed by atoms with Crippen LogP contribution in [-0.2, 0) is 19.6 Å². The van der Waals surface area contributed by atoms with Gasteiger partial charge in [0.05, 0.1) is 4.90 Å². The zero-order valence-electron chi connectivity index (χ0n) is 13.2. The minimum atomic E-state index is -3.81. The predicted octanol–water partition coefficient (Wildman–Crippen LogP) is 0.700. The van der Waals surface area contributed by atoms with Gasteiger partial charge < -0.3 is 10.2 Å². The fourth-order valence-electron chi connectivity index (χ4n) is 2.57. The molecule has 0 unspecified atom stereocenters. The maximum Gasteiger partial charge on any atom is 0.311 e. The van der Waals surface area contributed by atoms with Crippen molar-refractivity contribution in [2.75, 3.05) is 26.2 Å². The van der Waals surface area contributed by atoms with Gasteiger partial charge >= 0.3 is 11.8 Å². The second-order valence-electron chi connectivity index (χ2n) is 6.02. The average molecular weight is 434 g/mol. The lowest BCUT2D eigenvalue weighted by Crippen LogP contribution is -2.54. The summed E-state index contributed by atoms with van der Waals surface area (Å²) in [5.41, 5.74) is 0. The average Bonchev–Trinajstić information content (AvgIpc) is 3.38. The summed E-state index contributed by atoms with van der Waals surface area (Å²) in [6.07, 6.45) is 1.77. The Morgan fingerprint density at radius 3 is 2.36 bits per heavy atom. The van der Waals surface area contributed by atoms with Gasteiger partial charge in [-0.05, 0) is 47.0 Å². The van der Waals surface area contributed by atoms with Crippen LogP contribution in [0.5, 0.6) is 0 Å². The molecule has 10 heteroatoms. The number of amides is 2. The van der Waals surface area contributed by atoms with Gasteiger partial charge in [-0.2, -0.15) is 4.31 Å². The Balaban J connectivity index is 1.64. The third-order valence-electron chi connectivity index (χ3n) is 4.14. The molecule has 0 bridgehead atoms. The van der Waals surface area contributed by atoms with Gasteiger partial charge in [0, 0.05) is 36.7 Å². The number of nitrogens with one attached hydrogen (secondary N) is 1. The van der Waals surface area contributed by atoms with Crippen molar-refractivity contribution in [1.29, 1.82) is 0 Å². The lowest BCUT2D eigenvalue weighted by Gasteiger charge is -2.33. The second kappa shape index (κ2) is 7.00. The molecule has 0 spiro atoms. The second-order valence-corrected chi connectivity index (χ2v) is 8.78. The summed E-state index contributed by atoms with van der Waals surface area (Å²) in [5, 5.41) is 2.63. The summed E-state index contributed by atoms with van der Waals surface area (Å²) in [6.45, 7) is 0.424. The highest BCUT2D eigenvalue weighted by Gasteiger charge is 2.34. The van der Waals surface area contributed by atoms with Crippen LogP contribution in [0.2, 0.25) is 0 Å². The van der Waals surface area contributed by atoms with E-state index in [0.717, 1.165) is 25.0 Å². The Morgan fingerprint density at radius 2 is 1.80 bits per heavy atom. The molecule has 1 aliphatic carbocycles. The van der Waals surface area contributed by atoms with E-state index in [-0.39, 0.29) is 41.6 Å². The van der Waals surface area contributed by atoms with Gasteiger partial charge in [0.15, 0.2) is 0 Å². The molecule has 2 aliphatic rings. The highest BCUT2D eigenvalue weighted by Crippen LogP contribution is 2.26. The van der Waals surface area contributed by atoms with E-state index in [4.69, 9.17) is 0 Å². The first-order chi connectivity index (χ1) is 11.8. The van der Waals surface area contributed by atoms with E-state index in [1.807, 2.05) is 0 Å². The summed E-state index contributed by atoms with van der Waals surface area (Å²) in [5.74, 6) is -1.81. The van der Waals surface area contributed by atoms with Gasteiger partial charge in [0.25, 0.3) is 0 Å². The van der Waals surface area contributed by atoms with Gasteiger partial charge in [0.2, 0.25) is 10.0 Å². The monoisotopic (exact) mass is 433 g/mol. The van der Waals surface area contributed by atoms with Gasteiger partial charge in [-0.1, -0.05) is 0 Å². The number of carbonyl (C=O) groups is 2. The first kappa shape index (κ1) is 18.3. The summed E-state index contributed by atoms with van der Waals surface area (Å²) < 4.78 is 39.9. The van der Waals surface area contributed by atoms with Crippen LogP contribution < -0.4 is 5.32 Å². The predicted molar refractivity (Wildman–Crippen MR) is 90.6 cm³/mol. The maximum atomic E-state index is 13.2. The standard InChI is InChI=1S/C15H17BrFN3O4S/c16-12-9-10(17)1-4-13(12)25(23,24)20-7-5-19(6-8-20)15(22)14(21)18-11-2-3-11/h1,4,9,11H,2-3,5-8H2,(H,18,21). The number of halogens is 2. The lowest BCUT2D eigenvalue weighted by molar-refractivity contribution is -0.146. The number of benzene rings is 1. The molecule has 0 atom stereocenters. The quantitative estimate of drug-likeness (QED) is 0.710. The van der Waals surface area contributed by atoms with Crippen LogP contribution in [0, 0.1) is 5.82 Å². The number of hydrogen-bond donors (Lipinski definition) is 1. The van der Waals surface area contributed by atoms with Crippen molar-refractivity contribution >= 4 is 37.8 Å². The molecule has 1 N–H and O–H groups in total. The fourth-order valence-corrected chi connectivity index (χ4v) is 5.01. The first-order valence-corrected chi connectivity index (χ1v) is 10.1. The lowest BCUT2D eigenvalue weighted by atomic mass is 10.3. The van der Waals surface area contributed by atoms with Crippen molar-refractivity contribution < 1.29 is 22.4 Å². The Bertz CT molecular complexity index is 805. The topological polar surface area (TPSA) is 86.8 Å². The molecule has 0 radical (unpaired) electrons. The van der Waals surface area contributed by atoms with Crippen LogP contribution in [0.4, 0.5) is 4.39 Å². The van der Waals surface area contributed by atoms with Crippen molar-refractivity contribution in [3.8, 4) is 0 Å². The third-order valence-corrected chi connectivity index (χ3v) is 7.02. The molecule has 1 aromatic carbocycles. The molecular formula is C15H17BrFN3O4S. The van der Waals surface area contributed by atoms with Crippen LogP contribution in [0.3, 0.4) is 0 Å². The van der Waals surface area contributed by atoms with E-state index in [0.29, 0.717) is 0 Å². The smallest absolute Gasteiger partial charge is 0.311 e. The minimum absolute atomic E-state index is 0.0276. The molecule has 1 heterocycles. The van der Waals surface area contributed by atoms with Gasteiger partial charge in [-0.25, -0.2) is 12.8 Å². The summed E-state index contributed by atoms with van der Waals surface area (Å²) in [4.78, 5) is 25.2. The minimum Gasteiger partial charge on any atom is -0.345 e. The van der Waals surface area contributed by atoms with E-state index in [1.54, 1.807) is 0 Å². The molecular weight excluding hydrogens is 417 g/mol. The SMILES string of the molecule is O=C(NC1CC1)C(=O)N1CCN(S(=O)(=O)c2ccc(F)cc2Br)CC1. The molecule has 136 valence electrons. The van der Waals surface area contributed by atoms with Gasteiger partial charge in [-0.15, -0.1) is 0 Å². The van der Waals surface area contributed by atoms with Crippen molar-refractivity contribution in [3.05, 3.63) is 28.5 Å². The van der Waals surface area contributed by atoms with E-state index in [2.05, 4.69) is 21.2 Å².